The number of ketones is 1. The Labute approximate surface area is 154 Å². The minimum absolute atomic E-state index is 0.0145. The SMILES string of the molecule is CCc1cccc(NC(=O)c2cccc(N)c2C=NC)c1C(=O)C(C)C. The fourth-order valence-corrected chi connectivity index (χ4v) is 2.82. The topological polar surface area (TPSA) is 84.6 Å². The number of aryl methyl sites for hydroxylation is 1. The molecule has 2 rings (SSSR count). The number of rotatable bonds is 6. The largest absolute Gasteiger partial charge is 0.398 e. The van der Waals surface area contributed by atoms with Crippen molar-refractivity contribution in [2.45, 2.75) is 27.2 Å². The molecule has 5 nitrogen and oxygen atoms in total. The Bertz CT molecular complexity index is 854. The Hall–Kier alpha value is -2.95. The molecule has 1 amide bonds. The zero-order valence-electron chi connectivity index (χ0n) is 15.7. The van der Waals surface area contributed by atoms with E-state index in [2.05, 4.69) is 10.3 Å². The first-order valence-electron chi connectivity index (χ1n) is 8.68. The number of benzene rings is 2. The van der Waals surface area contributed by atoms with Crippen LogP contribution in [0.4, 0.5) is 11.4 Å². The van der Waals surface area contributed by atoms with Gasteiger partial charge in [0.15, 0.2) is 5.78 Å². The van der Waals surface area contributed by atoms with Crippen molar-refractivity contribution < 1.29 is 9.59 Å². The number of nitrogens with one attached hydrogen (secondary N) is 1. The summed E-state index contributed by atoms with van der Waals surface area (Å²) in [7, 11) is 1.62. The van der Waals surface area contributed by atoms with Gasteiger partial charge in [-0.05, 0) is 30.2 Å². The van der Waals surface area contributed by atoms with Crippen LogP contribution >= 0.6 is 0 Å². The lowest BCUT2D eigenvalue weighted by molar-refractivity contribution is 0.0939. The molecule has 0 spiro atoms. The lowest BCUT2D eigenvalue weighted by atomic mass is 9.93. The quantitative estimate of drug-likeness (QED) is 0.469. The maximum absolute atomic E-state index is 12.9. The van der Waals surface area contributed by atoms with Gasteiger partial charge in [-0.25, -0.2) is 0 Å². The first kappa shape index (κ1) is 19.4. The molecule has 0 aliphatic heterocycles. The van der Waals surface area contributed by atoms with Crippen LogP contribution in [0.1, 0.15) is 52.6 Å². The van der Waals surface area contributed by atoms with Crippen molar-refractivity contribution in [2.75, 3.05) is 18.1 Å². The Balaban J connectivity index is 2.48. The lowest BCUT2D eigenvalue weighted by Crippen LogP contribution is -2.19. The lowest BCUT2D eigenvalue weighted by Gasteiger charge is -2.16. The maximum atomic E-state index is 12.9. The van der Waals surface area contributed by atoms with Crippen molar-refractivity contribution in [3.63, 3.8) is 0 Å². The molecule has 0 unspecified atom stereocenters. The van der Waals surface area contributed by atoms with Gasteiger partial charge in [0.05, 0.1) is 11.3 Å². The van der Waals surface area contributed by atoms with Crippen LogP contribution in [0, 0.1) is 5.92 Å². The molecular formula is C21H25N3O2. The van der Waals surface area contributed by atoms with Gasteiger partial charge in [-0.15, -0.1) is 0 Å². The van der Waals surface area contributed by atoms with Crippen LogP contribution < -0.4 is 11.1 Å². The van der Waals surface area contributed by atoms with Crippen molar-refractivity contribution >= 4 is 29.3 Å². The molecule has 0 aliphatic carbocycles. The minimum Gasteiger partial charge on any atom is -0.398 e. The number of carbonyl (C=O) groups excluding carboxylic acids is 2. The van der Waals surface area contributed by atoms with E-state index in [-0.39, 0.29) is 17.6 Å². The van der Waals surface area contributed by atoms with Gasteiger partial charge < -0.3 is 11.1 Å². The van der Waals surface area contributed by atoms with E-state index in [1.165, 1.54) is 0 Å². The summed E-state index contributed by atoms with van der Waals surface area (Å²) in [6, 6.07) is 10.7. The third-order valence-corrected chi connectivity index (χ3v) is 4.19. The van der Waals surface area contributed by atoms with Gasteiger partial charge in [0.2, 0.25) is 0 Å². The highest BCUT2D eigenvalue weighted by atomic mass is 16.2. The molecule has 0 heterocycles. The molecule has 0 saturated heterocycles. The van der Waals surface area contributed by atoms with Crippen LogP contribution in [-0.2, 0) is 6.42 Å². The fourth-order valence-electron chi connectivity index (χ4n) is 2.82. The molecule has 0 atom stereocenters. The van der Waals surface area contributed by atoms with Crippen molar-refractivity contribution in [3.05, 3.63) is 58.7 Å². The Kier molecular flexibility index (Phi) is 6.28. The molecule has 2 aromatic rings. The minimum atomic E-state index is -0.321. The van der Waals surface area contributed by atoms with Gasteiger partial charge in [-0.2, -0.15) is 0 Å². The molecule has 0 radical (unpaired) electrons. The van der Waals surface area contributed by atoms with Gasteiger partial charge in [0.25, 0.3) is 5.91 Å². The van der Waals surface area contributed by atoms with E-state index >= 15 is 0 Å². The monoisotopic (exact) mass is 351 g/mol. The second-order valence-electron chi connectivity index (χ2n) is 6.36. The predicted octanol–water partition coefficient (Wildman–Crippen LogP) is 3.97. The average molecular weight is 351 g/mol. The van der Waals surface area contributed by atoms with E-state index in [1.807, 2.05) is 32.9 Å². The van der Waals surface area contributed by atoms with E-state index in [1.54, 1.807) is 37.5 Å². The number of hydrogen-bond donors (Lipinski definition) is 2. The summed E-state index contributed by atoms with van der Waals surface area (Å²) in [5.41, 5.74) is 9.46. The Morgan fingerprint density at radius 2 is 1.88 bits per heavy atom. The van der Waals surface area contributed by atoms with Crippen LogP contribution in [0.3, 0.4) is 0 Å². The maximum Gasteiger partial charge on any atom is 0.256 e. The molecule has 3 N–H and O–H groups in total. The summed E-state index contributed by atoms with van der Waals surface area (Å²) in [5, 5.41) is 2.89. The molecule has 0 aromatic heterocycles. The number of nitrogen functional groups attached to an aromatic ring is 1. The first-order chi connectivity index (χ1) is 12.4. The van der Waals surface area contributed by atoms with Crippen molar-refractivity contribution in [1.82, 2.24) is 0 Å². The summed E-state index contributed by atoms with van der Waals surface area (Å²) in [4.78, 5) is 29.5. The van der Waals surface area contributed by atoms with E-state index in [0.717, 1.165) is 5.56 Å². The number of hydrogen-bond acceptors (Lipinski definition) is 4. The number of anilines is 2. The molecule has 0 aliphatic rings. The smallest absolute Gasteiger partial charge is 0.256 e. The molecule has 0 bridgehead atoms. The predicted molar refractivity (Wildman–Crippen MR) is 107 cm³/mol. The summed E-state index contributed by atoms with van der Waals surface area (Å²) in [6.07, 6.45) is 2.27. The highest BCUT2D eigenvalue weighted by Crippen LogP contribution is 2.25. The van der Waals surface area contributed by atoms with Crippen LogP contribution in [0.2, 0.25) is 0 Å². The standard InChI is InChI=1S/C21H25N3O2/c1-5-14-8-6-11-18(19(14)20(25)13(2)3)24-21(26)15-9-7-10-17(22)16(15)12-23-4/h6-13H,5,22H2,1-4H3,(H,24,26). The normalized spacial score (nSPS) is 11.1. The number of carbonyl (C=O) groups is 2. The van der Waals surface area contributed by atoms with Crippen LogP contribution in [-0.4, -0.2) is 25.0 Å². The summed E-state index contributed by atoms with van der Waals surface area (Å²) >= 11 is 0. The summed E-state index contributed by atoms with van der Waals surface area (Å²) < 4.78 is 0. The molecule has 26 heavy (non-hydrogen) atoms. The molecular weight excluding hydrogens is 326 g/mol. The van der Waals surface area contributed by atoms with E-state index < -0.39 is 0 Å². The average Bonchev–Trinajstić information content (AvgIpc) is 2.62. The van der Waals surface area contributed by atoms with Crippen molar-refractivity contribution in [2.24, 2.45) is 10.9 Å². The van der Waals surface area contributed by atoms with Gasteiger partial charge in [0, 0.05) is 36.0 Å². The number of nitrogens with zero attached hydrogens (tertiary/aromatic N) is 1. The molecule has 0 fully saturated rings. The van der Waals surface area contributed by atoms with Crippen molar-refractivity contribution in [3.8, 4) is 0 Å². The third-order valence-electron chi connectivity index (χ3n) is 4.19. The zero-order valence-corrected chi connectivity index (χ0v) is 15.7. The van der Waals surface area contributed by atoms with Gasteiger partial charge in [0.1, 0.15) is 0 Å². The molecule has 0 saturated carbocycles. The van der Waals surface area contributed by atoms with Crippen molar-refractivity contribution in [1.29, 1.82) is 0 Å². The number of aliphatic imine (C=N–C) groups is 1. The van der Waals surface area contributed by atoms with Crippen LogP contribution in [0.5, 0.6) is 0 Å². The highest BCUT2D eigenvalue weighted by molar-refractivity contribution is 6.14. The third kappa shape index (κ3) is 3.99. The van der Waals surface area contributed by atoms with E-state index in [0.29, 0.717) is 34.5 Å². The summed E-state index contributed by atoms with van der Waals surface area (Å²) in [5.74, 6) is -0.465. The van der Waals surface area contributed by atoms with Gasteiger partial charge in [-0.1, -0.05) is 39.0 Å². The Morgan fingerprint density at radius 1 is 1.19 bits per heavy atom. The first-order valence-corrected chi connectivity index (χ1v) is 8.68. The second kappa shape index (κ2) is 8.43. The van der Waals surface area contributed by atoms with E-state index in [9.17, 15) is 9.59 Å². The van der Waals surface area contributed by atoms with Gasteiger partial charge >= 0.3 is 0 Å². The summed E-state index contributed by atoms with van der Waals surface area (Å²) in [6.45, 7) is 5.70. The Morgan fingerprint density at radius 3 is 2.50 bits per heavy atom. The molecule has 2 aromatic carbocycles. The second-order valence-corrected chi connectivity index (χ2v) is 6.36. The van der Waals surface area contributed by atoms with Crippen LogP contribution in [0.25, 0.3) is 0 Å². The number of nitrogens with two attached hydrogens (primary N) is 1. The number of Topliss-reactive ketones (excluding diaryl/α,β-unsaturated/α-hetero) is 1. The number of amides is 1. The zero-order chi connectivity index (χ0) is 19.3. The molecule has 136 valence electrons. The van der Waals surface area contributed by atoms with Gasteiger partial charge in [-0.3, -0.25) is 14.6 Å². The molecule has 5 heteroatoms. The highest BCUT2D eigenvalue weighted by Gasteiger charge is 2.21. The van der Waals surface area contributed by atoms with Crippen LogP contribution in [0.15, 0.2) is 41.4 Å². The fraction of sp³-hybridized carbons (Fsp3) is 0.286. The van der Waals surface area contributed by atoms with E-state index in [4.69, 9.17) is 5.73 Å².